The molecule has 0 aromatic rings. The fourth-order valence-electron chi connectivity index (χ4n) is 1.21. The van der Waals surface area contributed by atoms with Crippen LogP contribution in [0.25, 0.3) is 0 Å². The highest BCUT2D eigenvalue weighted by Gasteiger charge is 2.03. The van der Waals surface area contributed by atoms with Gasteiger partial charge in [-0.3, -0.25) is 4.79 Å². The molecule has 1 rings (SSSR count). The molecule has 0 bridgehead atoms. The van der Waals surface area contributed by atoms with Crippen LogP contribution in [0.1, 0.15) is 19.3 Å². The average Bonchev–Trinajstić information content (AvgIpc) is 2.39. The van der Waals surface area contributed by atoms with Gasteiger partial charge in [0.25, 0.3) is 0 Å². The van der Waals surface area contributed by atoms with Gasteiger partial charge in [0.1, 0.15) is 5.76 Å². The summed E-state index contributed by atoms with van der Waals surface area (Å²) in [6.07, 6.45) is 8.86. The first kappa shape index (κ1) is 10.6. The number of methoxy groups -OCH3 is 1. The zero-order valence-corrected chi connectivity index (χ0v) is 8.19. The standard InChI is InChI=1S/C11H14O3/c1-14-11(13)8-6-9-3-2-4-10(12)7-5-9/h2,4-5,7,12H,3,6,8H2,1H3. The topological polar surface area (TPSA) is 46.5 Å². The van der Waals surface area contributed by atoms with Crippen LogP contribution in [0.3, 0.4) is 0 Å². The molecule has 0 atom stereocenters. The van der Waals surface area contributed by atoms with Crippen molar-refractivity contribution < 1.29 is 14.6 Å². The molecule has 1 aliphatic rings. The van der Waals surface area contributed by atoms with Crippen LogP contribution in [0, 0.1) is 0 Å². The van der Waals surface area contributed by atoms with E-state index in [1.54, 1.807) is 12.2 Å². The smallest absolute Gasteiger partial charge is 0.305 e. The van der Waals surface area contributed by atoms with E-state index >= 15 is 0 Å². The minimum absolute atomic E-state index is 0.202. The SMILES string of the molecule is COC(=O)CCC1=CC=C(O)C=CC1. The van der Waals surface area contributed by atoms with Gasteiger partial charge >= 0.3 is 5.97 Å². The third-order valence-corrected chi connectivity index (χ3v) is 2.04. The van der Waals surface area contributed by atoms with E-state index in [4.69, 9.17) is 5.11 Å². The van der Waals surface area contributed by atoms with Crippen molar-refractivity contribution in [2.75, 3.05) is 7.11 Å². The number of ether oxygens (including phenoxy) is 1. The van der Waals surface area contributed by atoms with Gasteiger partial charge in [0.15, 0.2) is 0 Å². The zero-order chi connectivity index (χ0) is 10.4. The molecule has 3 nitrogen and oxygen atoms in total. The van der Waals surface area contributed by atoms with Crippen LogP contribution in [-0.4, -0.2) is 18.2 Å². The maximum absolute atomic E-state index is 10.9. The summed E-state index contributed by atoms with van der Waals surface area (Å²) in [4.78, 5) is 10.9. The number of hydrogen-bond acceptors (Lipinski definition) is 3. The lowest BCUT2D eigenvalue weighted by molar-refractivity contribution is -0.140. The van der Waals surface area contributed by atoms with Crippen molar-refractivity contribution >= 4 is 5.97 Å². The number of carbonyl (C=O) groups is 1. The molecule has 14 heavy (non-hydrogen) atoms. The minimum atomic E-state index is -0.202. The monoisotopic (exact) mass is 194 g/mol. The molecule has 0 aromatic heterocycles. The summed E-state index contributed by atoms with van der Waals surface area (Å²) in [7, 11) is 1.38. The van der Waals surface area contributed by atoms with E-state index in [9.17, 15) is 4.79 Å². The van der Waals surface area contributed by atoms with Gasteiger partial charge in [0.2, 0.25) is 0 Å². The lowest BCUT2D eigenvalue weighted by Gasteiger charge is -2.01. The molecule has 0 spiro atoms. The van der Waals surface area contributed by atoms with Crippen LogP contribution in [0.4, 0.5) is 0 Å². The Balaban J connectivity index is 2.46. The first-order valence-electron chi connectivity index (χ1n) is 4.54. The third kappa shape index (κ3) is 3.47. The van der Waals surface area contributed by atoms with Crippen LogP contribution in [0.15, 0.2) is 35.6 Å². The highest BCUT2D eigenvalue weighted by atomic mass is 16.5. The Bertz CT molecular complexity index is 298. The number of aliphatic hydroxyl groups is 1. The normalized spacial score (nSPS) is 15.5. The molecule has 0 aliphatic heterocycles. The van der Waals surface area contributed by atoms with Gasteiger partial charge in [-0.2, -0.15) is 0 Å². The molecule has 3 heteroatoms. The fourth-order valence-corrected chi connectivity index (χ4v) is 1.21. The van der Waals surface area contributed by atoms with Gasteiger partial charge in [-0.1, -0.05) is 17.7 Å². The first-order chi connectivity index (χ1) is 6.72. The van der Waals surface area contributed by atoms with Crippen molar-refractivity contribution in [2.45, 2.75) is 19.3 Å². The summed E-state index contributed by atoms with van der Waals surface area (Å²) >= 11 is 0. The second-order valence-electron chi connectivity index (χ2n) is 3.10. The number of hydrogen-bond donors (Lipinski definition) is 1. The summed E-state index contributed by atoms with van der Waals surface area (Å²) in [5.74, 6) is 0.0467. The molecule has 1 N–H and O–H groups in total. The molecular weight excluding hydrogens is 180 g/mol. The predicted octanol–water partition coefficient (Wildman–Crippen LogP) is 2.27. The van der Waals surface area contributed by atoms with E-state index in [2.05, 4.69) is 4.74 Å². The highest BCUT2D eigenvalue weighted by molar-refractivity contribution is 5.69. The minimum Gasteiger partial charge on any atom is -0.508 e. The second kappa shape index (κ2) is 5.27. The van der Waals surface area contributed by atoms with Crippen molar-refractivity contribution in [3.05, 3.63) is 35.6 Å². The van der Waals surface area contributed by atoms with E-state index in [0.717, 1.165) is 12.0 Å². The van der Waals surface area contributed by atoms with Gasteiger partial charge < -0.3 is 9.84 Å². The third-order valence-electron chi connectivity index (χ3n) is 2.04. The van der Waals surface area contributed by atoms with Crippen molar-refractivity contribution in [3.8, 4) is 0 Å². The average molecular weight is 194 g/mol. The summed E-state index contributed by atoms with van der Waals surface area (Å²) < 4.78 is 4.54. The summed E-state index contributed by atoms with van der Waals surface area (Å²) in [6.45, 7) is 0. The Morgan fingerprint density at radius 1 is 1.57 bits per heavy atom. The van der Waals surface area contributed by atoms with Crippen LogP contribution in [0.5, 0.6) is 0 Å². The maximum Gasteiger partial charge on any atom is 0.305 e. The van der Waals surface area contributed by atoms with Gasteiger partial charge in [0.05, 0.1) is 7.11 Å². The van der Waals surface area contributed by atoms with Crippen LogP contribution >= 0.6 is 0 Å². The number of carbonyl (C=O) groups excluding carboxylic acids is 1. The van der Waals surface area contributed by atoms with Crippen molar-refractivity contribution in [1.29, 1.82) is 0 Å². The maximum atomic E-state index is 10.9. The molecule has 0 saturated carbocycles. The number of esters is 1. The van der Waals surface area contributed by atoms with Gasteiger partial charge in [-0.15, -0.1) is 0 Å². The first-order valence-corrected chi connectivity index (χ1v) is 4.54. The Kier molecular flexibility index (Phi) is 3.98. The Hall–Kier alpha value is -1.51. The molecule has 0 amide bonds. The lowest BCUT2D eigenvalue weighted by Crippen LogP contribution is -2.00. The van der Waals surface area contributed by atoms with Crippen LogP contribution in [-0.2, 0) is 9.53 Å². The quantitative estimate of drug-likeness (QED) is 0.701. The van der Waals surface area contributed by atoms with E-state index < -0.39 is 0 Å². The molecule has 0 radical (unpaired) electrons. The van der Waals surface area contributed by atoms with Gasteiger partial charge in [-0.25, -0.2) is 0 Å². The van der Waals surface area contributed by atoms with Crippen molar-refractivity contribution in [1.82, 2.24) is 0 Å². The highest BCUT2D eigenvalue weighted by Crippen LogP contribution is 2.15. The van der Waals surface area contributed by atoms with Crippen molar-refractivity contribution in [3.63, 3.8) is 0 Å². The molecule has 0 aromatic carbocycles. The molecule has 0 unspecified atom stereocenters. The van der Waals surface area contributed by atoms with E-state index in [1.807, 2.05) is 12.2 Å². The molecule has 0 saturated heterocycles. The van der Waals surface area contributed by atoms with E-state index in [-0.39, 0.29) is 11.7 Å². The molecule has 0 heterocycles. The van der Waals surface area contributed by atoms with Gasteiger partial charge in [0, 0.05) is 6.42 Å². The Morgan fingerprint density at radius 2 is 2.36 bits per heavy atom. The number of rotatable bonds is 3. The molecule has 1 aliphatic carbocycles. The van der Waals surface area contributed by atoms with Crippen molar-refractivity contribution in [2.24, 2.45) is 0 Å². The van der Waals surface area contributed by atoms with E-state index in [1.165, 1.54) is 7.11 Å². The molecule has 76 valence electrons. The fraction of sp³-hybridized carbons (Fsp3) is 0.364. The summed E-state index contributed by atoms with van der Waals surface area (Å²) in [6, 6.07) is 0. The predicted molar refractivity (Wildman–Crippen MR) is 53.8 cm³/mol. The van der Waals surface area contributed by atoms with Crippen LogP contribution < -0.4 is 0 Å². The largest absolute Gasteiger partial charge is 0.508 e. The lowest BCUT2D eigenvalue weighted by atomic mass is 10.1. The Morgan fingerprint density at radius 3 is 3.07 bits per heavy atom. The molecule has 0 fully saturated rings. The zero-order valence-electron chi connectivity index (χ0n) is 8.19. The second-order valence-corrected chi connectivity index (χ2v) is 3.10. The Labute approximate surface area is 83.4 Å². The summed E-state index contributed by atoms with van der Waals surface area (Å²) in [5, 5.41) is 9.17. The number of aliphatic hydroxyl groups excluding tert-OH is 1. The van der Waals surface area contributed by atoms with E-state index in [0.29, 0.717) is 12.8 Å². The summed E-state index contributed by atoms with van der Waals surface area (Å²) in [5.41, 5.74) is 1.12. The molecular formula is C11H14O3. The van der Waals surface area contributed by atoms with Crippen LogP contribution in [0.2, 0.25) is 0 Å². The number of allylic oxidation sites excluding steroid dienone is 5. The van der Waals surface area contributed by atoms with Gasteiger partial charge in [-0.05, 0) is 25.0 Å².